The molecule has 1 aliphatic rings. The van der Waals surface area contributed by atoms with Crippen molar-refractivity contribution in [3.63, 3.8) is 0 Å². The van der Waals surface area contributed by atoms with Crippen molar-refractivity contribution in [2.24, 2.45) is 0 Å². The molecule has 1 atom stereocenters. The SMILES string of the molecule is CCc1csc([C@H](Cc2ccc(N[SH](=O)=O)cc2)NC(=O)CN2CCN(CC)C(=O)C2=O)n1. The van der Waals surface area contributed by atoms with Gasteiger partial charge in [-0.05, 0) is 37.5 Å². The number of rotatable bonds is 10. The largest absolute Gasteiger partial charge is 0.345 e. The van der Waals surface area contributed by atoms with Gasteiger partial charge in [0.2, 0.25) is 16.8 Å². The third kappa shape index (κ3) is 6.51. The number of benzene rings is 1. The van der Waals surface area contributed by atoms with E-state index < -0.39 is 28.7 Å². The summed E-state index contributed by atoms with van der Waals surface area (Å²) in [4.78, 5) is 44.6. The van der Waals surface area contributed by atoms with Gasteiger partial charge in [-0.25, -0.2) is 13.4 Å². The molecule has 0 radical (unpaired) electrons. The predicted molar refractivity (Wildman–Crippen MR) is 125 cm³/mol. The van der Waals surface area contributed by atoms with Crippen LogP contribution in [0.15, 0.2) is 29.6 Å². The lowest BCUT2D eigenvalue weighted by molar-refractivity contribution is -0.156. The van der Waals surface area contributed by atoms with Gasteiger partial charge >= 0.3 is 11.8 Å². The maximum absolute atomic E-state index is 12.8. The molecule has 2 aromatic rings. The molecule has 0 unspecified atom stereocenters. The number of thiol groups is 1. The number of nitrogens with zero attached hydrogens (tertiary/aromatic N) is 3. The number of piperazine rings is 1. The number of aromatic nitrogens is 1. The van der Waals surface area contributed by atoms with Crippen molar-refractivity contribution in [2.75, 3.05) is 30.9 Å². The Morgan fingerprint density at radius 2 is 1.79 bits per heavy atom. The lowest BCUT2D eigenvalue weighted by Gasteiger charge is -2.32. The lowest BCUT2D eigenvalue weighted by Crippen LogP contribution is -2.56. The molecule has 1 aliphatic heterocycles. The van der Waals surface area contributed by atoms with Crippen molar-refractivity contribution < 1.29 is 22.8 Å². The monoisotopic (exact) mass is 493 g/mol. The predicted octanol–water partition coefficient (Wildman–Crippen LogP) is 0.734. The smallest absolute Gasteiger partial charge is 0.312 e. The molecule has 2 N–H and O–H groups in total. The van der Waals surface area contributed by atoms with E-state index in [-0.39, 0.29) is 12.5 Å². The van der Waals surface area contributed by atoms with Gasteiger partial charge in [0.15, 0.2) is 0 Å². The Hall–Kier alpha value is -2.99. The highest BCUT2D eigenvalue weighted by atomic mass is 32.2. The molecule has 0 aliphatic carbocycles. The number of thiazole rings is 1. The van der Waals surface area contributed by atoms with Crippen molar-refractivity contribution in [1.29, 1.82) is 0 Å². The second kappa shape index (κ2) is 11.2. The summed E-state index contributed by atoms with van der Waals surface area (Å²) in [5.41, 5.74) is 2.25. The standard InChI is InChI=1S/C21H27N5O5S2/c1-3-15-13-32-19(22-15)17(11-14-5-7-16(8-6-14)24-33(30)31)23-18(27)12-26-10-9-25(4-2)20(28)21(26)29/h5-8,13,17,33H,3-4,9-12H2,1-2H3,(H,23,27)(H,24,30,31)/t17-/m0/s1. The van der Waals surface area contributed by atoms with E-state index in [2.05, 4.69) is 15.0 Å². The molecule has 1 aromatic heterocycles. The van der Waals surface area contributed by atoms with Crippen molar-refractivity contribution in [1.82, 2.24) is 20.1 Å². The first-order chi connectivity index (χ1) is 15.8. The van der Waals surface area contributed by atoms with E-state index >= 15 is 0 Å². The average Bonchev–Trinajstić information content (AvgIpc) is 3.27. The maximum Gasteiger partial charge on any atom is 0.312 e. The molecular formula is C21H27N5O5S2. The summed E-state index contributed by atoms with van der Waals surface area (Å²) in [7, 11) is -2.74. The van der Waals surface area contributed by atoms with E-state index in [4.69, 9.17) is 0 Å². The summed E-state index contributed by atoms with van der Waals surface area (Å²) >= 11 is 1.45. The summed E-state index contributed by atoms with van der Waals surface area (Å²) in [6.45, 7) is 4.77. The summed E-state index contributed by atoms with van der Waals surface area (Å²) in [6.07, 6.45) is 1.20. The molecule has 1 fully saturated rings. The number of nitrogens with one attached hydrogen (secondary N) is 2. The van der Waals surface area contributed by atoms with E-state index in [1.807, 2.05) is 12.3 Å². The number of likely N-dealkylation sites (N-methyl/N-ethyl adjacent to an activating group) is 1. The van der Waals surface area contributed by atoms with Gasteiger partial charge in [0.1, 0.15) is 11.6 Å². The van der Waals surface area contributed by atoms with E-state index in [1.54, 1.807) is 31.2 Å². The zero-order valence-corrected chi connectivity index (χ0v) is 20.2. The first-order valence-electron chi connectivity index (χ1n) is 10.6. The van der Waals surface area contributed by atoms with Crippen molar-refractivity contribution >= 4 is 45.6 Å². The van der Waals surface area contributed by atoms with Crippen molar-refractivity contribution in [3.05, 3.63) is 45.9 Å². The molecule has 178 valence electrons. The zero-order valence-electron chi connectivity index (χ0n) is 18.4. The van der Waals surface area contributed by atoms with E-state index in [9.17, 15) is 22.8 Å². The van der Waals surface area contributed by atoms with Crippen LogP contribution in [0.1, 0.15) is 36.2 Å². The van der Waals surface area contributed by atoms with Crippen LogP contribution >= 0.6 is 11.3 Å². The minimum Gasteiger partial charge on any atom is -0.345 e. The van der Waals surface area contributed by atoms with Crippen LogP contribution in [-0.4, -0.2) is 67.1 Å². The molecule has 0 spiro atoms. The minimum absolute atomic E-state index is 0.204. The van der Waals surface area contributed by atoms with Crippen LogP contribution in [0.3, 0.4) is 0 Å². The van der Waals surface area contributed by atoms with Gasteiger partial charge in [-0.15, -0.1) is 11.3 Å². The molecule has 3 amide bonds. The third-order valence-electron chi connectivity index (χ3n) is 5.29. The number of amides is 3. The van der Waals surface area contributed by atoms with Crippen molar-refractivity contribution in [2.45, 2.75) is 32.7 Å². The van der Waals surface area contributed by atoms with Crippen LogP contribution in [-0.2, 0) is 38.1 Å². The number of carbonyl (C=O) groups excluding carboxylic acids is 3. The van der Waals surface area contributed by atoms with Crippen LogP contribution in [0.25, 0.3) is 0 Å². The number of hydrogen-bond donors (Lipinski definition) is 3. The molecule has 0 bridgehead atoms. The Kier molecular flexibility index (Phi) is 8.39. The molecule has 1 saturated heterocycles. The lowest BCUT2D eigenvalue weighted by atomic mass is 10.1. The van der Waals surface area contributed by atoms with Gasteiger partial charge in [-0.1, -0.05) is 19.1 Å². The van der Waals surface area contributed by atoms with Gasteiger partial charge in [0, 0.05) is 30.7 Å². The van der Waals surface area contributed by atoms with Crippen molar-refractivity contribution in [3.8, 4) is 0 Å². The summed E-state index contributed by atoms with van der Waals surface area (Å²) in [5, 5.41) is 5.63. The molecule has 2 heterocycles. The van der Waals surface area contributed by atoms with Crippen LogP contribution in [0, 0.1) is 0 Å². The van der Waals surface area contributed by atoms with Gasteiger partial charge in [0.25, 0.3) is 0 Å². The zero-order chi connectivity index (χ0) is 24.0. The Labute approximate surface area is 198 Å². The first kappa shape index (κ1) is 24.6. The molecule has 12 heteroatoms. The van der Waals surface area contributed by atoms with Gasteiger partial charge in [0.05, 0.1) is 11.7 Å². The fraction of sp³-hybridized carbons (Fsp3) is 0.429. The van der Waals surface area contributed by atoms with Crippen LogP contribution < -0.4 is 10.0 Å². The summed E-state index contributed by atoms with van der Waals surface area (Å²) in [6, 6.07) is 6.43. The average molecular weight is 494 g/mol. The summed E-state index contributed by atoms with van der Waals surface area (Å²) < 4.78 is 24.0. The molecule has 1 aromatic carbocycles. The highest BCUT2D eigenvalue weighted by molar-refractivity contribution is 7.73. The summed E-state index contributed by atoms with van der Waals surface area (Å²) in [5.74, 6) is -1.63. The van der Waals surface area contributed by atoms with Gasteiger partial charge < -0.3 is 15.1 Å². The van der Waals surface area contributed by atoms with Crippen LogP contribution in [0.5, 0.6) is 0 Å². The number of hydrogen-bond acceptors (Lipinski definition) is 7. The first-order valence-corrected chi connectivity index (χ1v) is 12.7. The Balaban J connectivity index is 1.71. The fourth-order valence-electron chi connectivity index (χ4n) is 3.48. The molecular weight excluding hydrogens is 466 g/mol. The van der Waals surface area contributed by atoms with E-state index in [1.165, 1.54) is 21.1 Å². The van der Waals surface area contributed by atoms with Gasteiger partial charge in [-0.2, -0.15) is 0 Å². The fourth-order valence-corrected chi connectivity index (χ4v) is 4.80. The number of aryl methyl sites for hydroxylation is 1. The molecule has 3 rings (SSSR count). The third-order valence-corrected chi connectivity index (χ3v) is 6.74. The van der Waals surface area contributed by atoms with Crippen LogP contribution in [0.4, 0.5) is 5.69 Å². The van der Waals surface area contributed by atoms with Gasteiger partial charge in [-0.3, -0.25) is 19.1 Å². The molecule has 0 saturated carbocycles. The number of carbonyl (C=O) groups is 3. The highest BCUT2D eigenvalue weighted by Gasteiger charge is 2.33. The Bertz CT molecular complexity index is 1070. The Morgan fingerprint density at radius 3 is 2.39 bits per heavy atom. The second-order valence-corrected chi connectivity index (χ2v) is 9.16. The minimum atomic E-state index is -2.74. The van der Waals surface area contributed by atoms with E-state index in [0.717, 1.165) is 22.7 Å². The molecule has 33 heavy (non-hydrogen) atoms. The normalized spacial score (nSPS) is 15.1. The topological polar surface area (TPSA) is 129 Å². The second-order valence-electron chi connectivity index (χ2n) is 7.53. The van der Waals surface area contributed by atoms with E-state index in [0.29, 0.717) is 31.7 Å². The number of anilines is 1. The maximum atomic E-state index is 12.8. The Morgan fingerprint density at radius 1 is 1.12 bits per heavy atom. The molecule has 10 nitrogen and oxygen atoms in total. The quantitative estimate of drug-likeness (QED) is 0.331. The van der Waals surface area contributed by atoms with Crippen LogP contribution in [0.2, 0.25) is 0 Å². The highest BCUT2D eigenvalue weighted by Crippen LogP contribution is 2.24.